The number of nitrogens with zero attached hydrogens (tertiary/aromatic N) is 1. The van der Waals surface area contributed by atoms with Gasteiger partial charge in [0, 0.05) is 22.8 Å². The monoisotopic (exact) mass is 339 g/mol. The summed E-state index contributed by atoms with van der Waals surface area (Å²) in [6.45, 7) is 1.86. The van der Waals surface area contributed by atoms with Gasteiger partial charge in [0.15, 0.2) is 5.11 Å². The summed E-state index contributed by atoms with van der Waals surface area (Å²) in [4.78, 5) is 10.1. The fourth-order valence-corrected chi connectivity index (χ4v) is 2.12. The van der Waals surface area contributed by atoms with E-state index in [-0.39, 0.29) is 16.5 Å². The number of non-ortho nitro benzene ring substituents is 1. The van der Waals surface area contributed by atoms with Gasteiger partial charge in [0.2, 0.25) is 0 Å². The quantitative estimate of drug-likeness (QED) is 0.489. The van der Waals surface area contributed by atoms with E-state index in [2.05, 4.69) is 10.6 Å². The number of rotatable bonds is 3. The molecular formula is C14H11ClFN3O2S. The average Bonchev–Trinajstić information content (AvgIpc) is 2.45. The number of nitro benzene ring substituents is 1. The minimum Gasteiger partial charge on any atom is -0.332 e. The van der Waals surface area contributed by atoms with Crippen LogP contribution in [0.1, 0.15) is 5.56 Å². The van der Waals surface area contributed by atoms with Crippen LogP contribution in [0.15, 0.2) is 36.4 Å². The number of hydrogen-bond donors (Lipinski definition) is 2. The van der Waals surface area contributed by atoms with Crippen molar-refractivity contribution in [1.29, 1.82) is 0 Å². The summed E-state index contributed by atoms with van der Waals surface area (Å²) in [7, 11) is 0. The highest BCUT2D eigenvalue weighted by molar-refractivity contribution is 7.80. The SMILES string of the molecule is Cc1ccc(Cl)cc1NC(=S)Nc1cc([N+](=O)[O-])ccc1F. The van der Waals surface area contributed by atoms with Crippen molar-refractivity contribution >= 4 is 46.0 Å². The van der Waals surface area contributed by atoms with Gasteiger partial charge in [-0.15, -0.1) is 0 Å². The zero-order valence-electron chi connectivity index (χ0n) is 11.4. The van der Waals surface area contributed by atoms with Crippen LogP contribution in [0.2, 0.25) is 5.02 Å². The van der Waals surface area contributed by atoms with Crippen molar-refractivity contribution in [2.24, 2.45) is 0 Å². The van der Waals surface area contributed by atoms with E-state index < -0.39 is 10.7 Å². The average molecular weight is 340 g/mol. The minimum absolute atomic E-state index is 0.0774. The van der Waals surface area contributed by atoms with Gasteiger partial charge in [-0.25, -0.2) is 4.39 Å². The number of nitrogens with one attached hydrogen (secondary N) is 2. The zero-order valence-corrected chi connectivity index (χ0v) is 13.0. The fraction of sp³-hybridized carbons (Fsp3) is 0.0714. The molecule has 0 unspecified atom stereocenters. The first-order valence-corrected chi connectivity index (χ1v) is 6.93. The molecule has 8 heteroatoms. The normalized spacial score (nSPS) is 10.1. The summed E-state index contributed by atoms with van der Waals surface area (Å²) in [6, 6.07) is 8.38. The van der Waals surface area contributed by atoms with Crippen molar-refractivity contribution in [1.82, 2.24) is 0 Å². The predicted molar refractivity (Wildman–Crippen MR) is 89.1 cm³/mol. The zero-order chi connectivity index (χ0) is 16.3. The molecule has 0 aromatic heterocycles. The third-order valence-electron chi connectivity index (χ3n) is 2.86. The molecule has 0 aliphatic carbocycles. The molecule has 0 fully saturated rings. The summed E-state index contributed by atoms with van der Waals surface area (Å²) in [5.41, 5.74) is 1.25. The van der Waals surface area contributed by atoms with Gasteiger partial charge in [0.1, 0.15) is 5.82 Å². The Kier molecular flexibility index (Phi) is 4.89. The summed E-state index contributed by atoms with van der Waals surface area (Å²) in [5.74, 6) is -0.641. The maximum Gasteiger partial charge on any atom is 0.271 e. The number of benzene rings is 2. The Bertz CT molecular complexity index is 755. The van der Waals surface area contributed by atoms with Crippen molar-refractivity contribution in [3.05, 3.63) is 62.9 Å². The smallest absolute Gasteiger partial charge is 0.271 e. The van der Waals surface area contributed by atoms with Crippen molar-refractivity contribution in [2.45, 2.75) is 6.92 Å². The van der Waals surface area contributed by atoms with Crippen molar-refractivity contribution in [2.75, 3.05) is 10.6 Å². The van der Waals surface area contributed by atoms with Crippen LogP contribution in [-0.2, 0) is 0 Å². The molecule has 0 saturated carbocycles. The first-order valence-electron chi connectivity index (χ1n) is 6.15. The molecule has 0 amide bonds. The summed E-state index contributed by atoms with van der Waals surface area (Å²) in [6.07, 6.45) is 0. The van der Waals surface area contributed by atoms with Crippen LogP contribution in [-0.4, -0.2) is 10.0 Å². The molecule has 0 spiro atoms. The van der Waals surface area contributed by atoms with Crippen LogP contribution >= 0.6 is 23.8 Å². The molecule has 5 nitrogen and oxygen atoms in total. The van der Waals surface area contributed by atoms with E-state index in [0.717, 1.165) is 23.8 Å². The Labute approximate surface area is 136 Å². The topological polar surface area (TPSA) is 67.2 Å². The molecule has 0 radical (unpaired) electrons. The Balaban J connectivity index is 2.17. The first-order chi connectivity index (χ1) is 10.4. The molecular weight excluding hydrogens is 329 g/mol. The van der Waals surface area contributed by atoms with E-state index in [0.29, 0.717) is 10.7 Å². The lowest BCUT2D eigenvalue weighted by atomic mass is 10.2. The number of thiocarbonyl (C=S) groups is 1. The van der Waals surface area contributed by atoms with Gasteiger partial charge in [0.25, 0.3) is 5.69 Å². The Morgan fingerprint density at radius 1 is 1.23 bits per heavy atom. The van der Waals surface area contributed by atoms with Crippen LogP contribution in [0.25, 0.3) is 0 Å². The molecule has 2 N–H and O–H groups in total. The summed E-state index contributed by atoms with van der Waals surface area (Å²) < 4.78 is 13.7. The molecule has 0 atom stereocenters. The molecule has 0 saturated heterocycles. The lowest BCUT2D eigenvalue weighted by Gasteiger charge is -2.13. The van der Waals surface area contributed by atoms with Gasteiger partial charge in [-0.05, 0) is 42.9 Å². The first kappa shape index (κ1) is 16.1. The molecule has 114 valence electrons. The fourth-order valence-electron chi connectivity index (χ4n) is 1.73. The Hall–Kier alpha value is -2.25. The number of nitro groups is 1. The van der Waals surface area contributed by atoms with Crippen molar-refractivity contribution in [3.8, 4) is 0 Å². The maximum atomic E-state index is 13.7. The van der Waals surface area contributed by atoms with Crippen LogP contribution in [0.5, 0.6) is 0 Å². The molecule has 2 aromatic rings. The Morgan fingerprint density at radius 3 is 2.59 bits per heavy atom. The maximum absolute atomic E-state index is 13.7. The second kappa shape index (κ2) is 6.67. The molecule has 0 bridgehead atoms. The van der Waals surface area contributed by atoms with Crippen LogP contribution in [0.3, 0.4) is 0 Å². The highest BCUT2D eigenvalue weighted by Gasteiger charge is 2.12. The highest BCUT2D eigenvalue weighted by atomic mass is 35.5. The van der Waals surface area contributed by atoms with Crippen LogP contribution < -0.4 is 10.6 Å². The molecule has 22 heavy (non-hydrogen) atoms. The standard InChI is InChI=1S/C14H11ClFN3O2S/c1-8-2-3-9(15)6-12(8)17-14(22)18-13-7-10(19(20)21)4-5-11(13)16/h2-7H,1H3,(H2,17,18,22). The molecule has 0 aliphatic rings. The van der Waals surface area contributed by atoms with Crippen molar-refractivity contribution in [3.63, 3.8) is 0 Å². The highest BCUT2D eigenvalue weighted by Crippen LogP contribution is 2.23. The number of hydrogen-bond acceptors (Lipinski definition) is 3. The molecule has 2 aromatic carbocycles. The van der Waals surface area contributed by atoms with E-state index in [9.17, 15) is 14.5 Å². The molecule has 0 heterocycles. The second-order valence-corrected chi connectivity index (χ2v) is 5.30. The molecule has 0 aliphatic heterocycles. The van der Waals surface area contributed by atoms with Gasteiger partial charge >= 0.3 is 0 Å². The molecule has 2 rings (SSSR count). The van der Waals surface area contributed by atoms with Gasteiger partial charge in [-0.2, -0.15) is 0 Å². The third kappa shape index (κ3) is 3.90. The van der Waals surface area contributed by atoms with Gasteiger partial charge in [0.05, 0.1) is 10.6 Å². The lowest BCUT2D eigenvalue weighted by molar-refractivity contribution is -0.384. The minimum atomic E-state index is -0.641. The van der Waals surface area contributed by atoms with E-state index in [4.69, 9.17) is 23.8 Å². The lowest BCUT2D eigenvalue weighted by Crippen LogP contribution is -2.20. The van der Waals surface area contributed by atoms with Gasteiger partial charge < -0.3 is 10.6 Å². The van der Waals surface area contributed by atoms with Gasteiger partial charge in [-0.3, -0.25) is 10.1 Å². The van der Waals surface area contributed by atoms with Crippen LogP contribution in [0.4, 0.5) is 21.5 Å². The number of aryl methyl sites for hydroxylation is 1. The van der Waals surface area contributed by atoms with Gasteiger partial charge in [-0.1, -0.05) is 17.7 Å². The third-order valence-corrected chi connectivity index (χ3v) is 3.30. The van der Waals surface area contributed by atoms with E-state index >= 15 is 0 Å². The van der Waals surface area contributed by atoms with E-state index in [1.165, 1.54) is 0 Å². The number of halogens is 2. The van der Waals surface area contributed by atoms with E-state index in [1.807, 2.05) is 6.92 Å². The predicted octanol–water partition coefficient (Wildman–Crippen LogP) is 4.50. The summed E-state index contributed by atoms with van der Waals surface area (Å²) in [5, 5.41) is 16.8. The number of anilines is 2. The second-order valence-electron chi connectivity index (χ2n) is 4.46. The largest absolute Gasteiger partial charge is 0.332 e. The summed E-state index contributed by atoms with van der Waals surface area (Å²) >= 11 is 11.0. The Morgan fingerprint density at radius 2 is 1.91 bits per heavy atom. The van der Waals surface area contributed by atoms with Crippen molar-refractivity contribution < 1.29 is 9.31 Å². The van der Waals surface area contributed by atoms with Crippen LogP contribution in [0, 0.1) is 22.9 Å². The van der Waals surface area contributed by atoms with E-state index in [1.54, 1.807) is 18.2 Å².